The van der Waals surface area contributed by atoms with E-state index in [1.165, 1.54) is 6.08 Å². The normalized spacial score (nSPS) is 10.5. The standard InChI is InChI=1S/C20H21NO4/c1-15-7-3-4-9-17(15)13-21-19(22)14-25-20(23)12-11-16-8-5-6-10-18(16)24-2/h3-12H,13-14H2,1-2H3,(H,21,22)/b12-11+. The molecule has 0 unspecified atom stereocenters. The molecule has 0 saturated carbocycles. The number of carbonyl (C=O) groups excluding carboxylic acids is 2. The van der Waals surface area contributed by atoms with Crippen molar-refractivity contribution >= 4 is 18.0 Å². The largest absolute Gasteiger partial charge is 0.496 e. The molecule has 2 aromatic rings. The molecular formula is C20H21NO4. The molecule has 0 aliphatic rings. The Morgan fingerprint density at radius 3 is 2.56 bits per heavy atom. The maximum absolute atomic E-state index is 11.8. The number of amides is 1. The first-order valence-electron chi connectivity index (χ1n) is 7.89. The quantitative estimate of drug-likeness (QED) is 0.622. The number of nitrogens with one attached hydrogen (secondary N) is 1. The van der Waals surface area contributed by atoms with E-state index < -0.39 is 5.97 Å². The first kappa shape index (κ1) is 18.3. The average Bonchev–Trinajstić information content (AvgIpc) is 2.64. The lowest BCUT2D eigenvalue weighted by Crippen LogP contribution is -2.28. The highest BCUT2D eigenvalue weighted by molar-refractivity contribution is 5.89. The van der Waals surface area contributed by atoms with Crippen molar-refractivity contribution in [2.24, 2.45) is 0 Å². The van der Waals surface area contributed by atoms with Gasteiger partial charge in [0.25, 0.3) is 5.91 Å². The van der Waals surface area contributed by atoms with Crippen LogP contribution in [0.4, 0.5) is 0 Å². The molecule has 0 aliphatic carbocycles. The van der Waals surface area contributed by atoms with Crippen LogP contribution in [-0.2, 0) is 20.9 Å². The summed E-state index contributed by atoms with van der Waals surface area (Å²) in [5, 5.41) is 2.73. The molecule has 0 heterocycles. The van der Waals surface area contributed by atoms with Crippen LogP contribution in [0.2, 0.25) is 0 Å². The monoisotopic (exact) mass is 339 g/mol. The Morgan fingerprint density at radius 1 is 1.08 bits per heavy atom. The van der Waals surface area contributed by atoms with E-state index in [1.807, 2.05) is 49.4 Å². The minimum Gasteiger partial charge on any atom is -0.496 e. The SMILES string of the molecule is COc1ccccc1/C=C/C(=O)OCC(=O)NCc1ccccc1C. The van der Waals surface area contributed by atoms with Gasteiger partial charge in [0, 0.05) is 18.2 Å². The third-order valence-electron chi connectivity index (χ3n) is 3.62. The molecule has 0 spiro atoms. The molecule has 0 radical (unpaired) electrons. The summed E-state index contributed by atoms with van der Waals surface area (Å²) >= 11 is 0. The molecule has 0 atom stereocenters. The van der Waals surface area contributed by atoms with E-state index in [0.717, 1.165) is 16.7 Å². The number of methoxy groups -OCH3 is 1. The summed E-state index contributed by atoms with van der Waals surface area (Å²) in [6.07, 6.45) is 2.86. The van der Waals surface area contributed by atoms with Crippen molar-refractivity contribution in [1.29, 1.82) is 0 Å². The van der Waals surface area contributed by atoms with E-state index in [2.05, 4.69) is 5.32 Å². The Bertz CT molecular complexity index is 768. The van der Waals surface area contributed by atoms with Crippen LogP contribution in [0.25, 0.3) is 6.08 Å². The fourth-order valence-electron chi connectivity index (χ4n) is 2.20. The Balaban J connectivity index is 1.78. The third kappa shape index (κ3) is 5.80. The minimum atomic E-state index is -0.586. The first-order chi connectivity index (χ1) is 12.1. The van der Waals surface area contributed by atoms with Crippen LogP contribution in [0.1, 0.15) is 16.7 Å². The highest BCUT2D eigenvalue weighted by atomic mass is 16.5. The lowest BCUT2D eigenvalue weighted by Gasteiger charge is -2.08. The van der Waals surface area contributed by atoms with Gasteiger partial charge in [-0.1, -0.05) is 42.5 Å². The molecule has 0 aromatic heterocycles. The number of hydrogen-bond acceptors (Lipinski definition) is 4. The second-order valence-corrected chi connectivity index (χ2v) is 5.39. The van der Waals surface area contributed by atoms with Gasteiger partial charge in [0.15, 0.2) is 6.61 Å². The van der Waals surface area contributed by atoms with Gasteiger partial charge in [0.05, 0.1) is 7.11 Å². The maximum atomic E-state index is 11.8. The van der Waals surface area contributed by atoms with Crippen LogP contribution in [-0.4, -0.2) is 25.6 Å². The van der Waals surface area contributed by atoms with Gasteiger partial charge in [-0.05, 0) is 30.2 Å². The smallest absolute Gasteiger partial charge is 0.331 e. The van der Waals surface area contributed by atoms with Gasteiger partial charge in [-0.25, -0.2) is 4.79 Å². The van der Waals surface area contributed by atoms with E-state index in [9.17, 15) is 9.59 Å². The zero-order valence-electron chi connectivity index (χ0n) is 14.3. The summed E-state index contributed by atoms with van der Waals surface area (Å²) in [5.74, 6) is -0.276. The number of ether oxygens (including phenoxy) is 2. The molecule has 0 saturated heterocycles. The number of hydrogen-bond donors (Lipinski definition) is 1. The van der Waals surface area contributed by atoms with Crippen LogP contribution in [0.15, 0.2) is 54.6 Å². The Labute approximate surface area is 147 Å². The molecule has 130 valence electrons. The number of carbonyl (C=O) groups is 2. The van der Waals surface area contributed by atoms with Crippen molar-refractivity contribution in [3.63, 3.8) is 0 Å². The molecule has 0 aliphatic heterocycles. The molecule has 25 heavy (non-hydrogen) atoms. The van der Waals surface area contributed by atoms with Gasteiger partial charge in [-0.15, -0.1) is 0 Å². The number of para-hydroxylation sites is 1. The van der Waals surface area contributed by atoms with Crippen LogP contribution in [0, 0.1) is 6.92 Å². The van der Waals surface area contributed by atoms with Crippen LogP contribution in [0.5, 0.6) is 5.75 Å². The molecular weight excluding hydrogens is 318 g/mol. The van der Waals surface area contributed by atoms with E-state index in [1.54, 1.807) is 19.3 Å². The van der Waals surface area contributed by atoms with Gasteiger partial charge in [-0.3, -0.25) is 4.79 Å². The van der Waals surface area contributed by atoms with Crippen molar-refractivity contribution in [3.05, 3.63) is 71.3 Å². The molecule has 0 fully saturated rings. The number of rotatable bonds is 7. The first-order valence-corrected chi connectivity index (χ1v) is 7.89. The van der Waals surface area contributed by atoms with E-state index >= 15 is 0 Å². The number of esters is 1. The molecule has 1 N–H and O–H groups in total. The molecule has 0 bridgehead atoms. The highest BCUT2D eigenvalue weighted by Crippen LogP contribution is 2.18. The molecule has 5 nitrogen and oxygen atoms in total. The van der Waals surface area contributed by atoms with E-state index in [-0.39, 0.29) is 12.5 Å². The van der Waals surface area contributed by atoms with Crippen molar-refractivity contribution in [1.82, 2.24) is 5.32 Å². The van der Waals surface area contributed by atoms with Crippen molar-refractivity contribution in [3.8, 4) is 5.75 Å². The average molecular weight is 339 g/mol. The topological polar surface area (TPSA) is 64.6 Å². The molecule has 5 heteroatoms. The van der Waals surface area contributed by atoms with Crippen LogP contribution >= 0.6 is 0 Å². The summed E-state index contributed by atoms with van der Waals surface area (Å²) in [5.41, 5.74) is 2.88. The second-order valence-electron chi connectivity index (χ2n) is 5.39. The highest BCUT2D eigenvalue weighted by Gasteiger charge is 2.06. The van der Waals surface area contributed by atoms with Gasteiger partial charge in [0.1, 0.15) is 5.75 Å². The lowest BCUT2D eigenvalue weighted by molar-refractivity contribution is -0.143. The number of aryl methyl sites for hydroxylation is 1. The fraction of sp³-hybridized carbons (Fsp3) is 0.200. The van der Waals surface area contributed by atoms with Crippen LogP contribution < -0.4 is 10.1 Å². The van der Waals surface area contributed by atoms with Gasteiger partial charge < -0.3 is 14.8 Å². The Kier molecular flexibility index (Phi) is 6.77. The molecule has 2 aromatic carbocycles. The molecule has 1 amide bonds. The van der Waals surface area contributed by atoms with Gasteiger partial charge in [-0.2, -0.15) is 0 Å². The summed E-state index contributed by atoms with van der Waals surface area (Å²) in [4.78, 5) is 23.5. The Morgan fingerprint density at radius 2 is 1.80 bits per heavy atom. The molecule has 2 rings (SSSR count). The summed E-state index contributed by atoms with van der Waals surface area (Å²) < 4.78 is 10.1. The predicted octanol–water partition coefficient (Wildman–Crippen LogP) is 2.88. The van der Waals surface area contributed by atoms with Gasteiger partial charge >= 0.3 is 5.97 Å². The van der Waals surface area contributed by atoms with Crippen molar-refractivity contribution in [2.45, 2.75) is 13.5 Å². The predicted molar refractivity (Wildman–Crippen MR) is 96.0 cm³/mol. The second kappa shape index (κ2) is 9.27. The van der Waals surface area contributed by atoms with Crippen molar-refractivity contribution < 1.29 is 19.1 Å². The fourth-order valence-corrected chi connectivity index (χ4v) is 2.20. The number of benzene rings is 2. The third-order valence-corrected chi connectivity index (χ3v) is 3.62. The minimum absolute atomic E-state index is 0.318. The van der Waals surface area contributed by atoms with Gasteiger partial charge in [0.2, 0.25) is 0 Å². The summed E-state index contributed by atoms with van der Waals surface area (Å²) in [7, 11) is 1.56. The zero-order valence-corrected chi connectivity index (χ0v) is 14.3. The summed E-state index contributed by atoms with van der Waals surface area (Å²) in [6.45, 7) is 2.06. The van der Waals surface area contributed by atoms with Crippen LogP contribution in [0.3, 0.4) is 0 Å². The maximum Gasteiger partial charge on any atom is 0.331 e. The van der Waals surface area contributed by atoms with E-state index in [4.69, 9.17) is 9.47 Å². The zero-order chi connectivity index (χ0) is 18.1. The lowest BCUT2D eigenvalue weighted by atomic mass is 10.1. The summed E-state index contributed by atoms with van der Waals surface area (Å²) in [6, 6.07) is 15.1. The van der Waals surface area contributed by atoms with Crippen molar-refractivity contribution in [2.75, 3.05) is 13.7 Å². The Hall–Kier alpha value is -3.08. The van der Waals surface area contributed by atoms with E-state index in [0.29, 0.717) is 12.3 Å².